The number of aliphatic imine (C=N–C) groups is 1. The summed E-state index contributed by atoms with van der Waals surface area (Å²) in [5.41, 5.74) is 1.23. The summed E-state index contributed by atoms with van der Waals surface area (Å²) < 4.78 is 10.6. The first kappa shape index (κ1) is 26.7. The summed E-state index contributed by atoms with van der Waals surface area (Å²) >= 11 is 0. The van der Waals surface area contributed by atoms with Gasteiger partial charge in [-0.2, -0.15) is 0 Å². The number of methoxy groups -OCH3 is 1. The molecule has 7 heteroatoms. The Morgan fingerprint density at radius 1 is 1.20 bits per heavy atom. The second-order valence-electron chi connectivity index (χ2n) is 7.58. The molecular formula is C23H38IN3O3. The molecule has 0 bridgehead atoms. The molecule has 0 aromatic heterocycles. The van der Waals surface area contributed by atoms with Crippen LogP contribution < -0.4 is 5.32 Å². The van der Waals surface area contributed by atoms with Crippen LogP contribution in [0.2, 0.25) is 0 Å². The average molecular weight is 531 g/mol. The number of hydrogen-bond acceptors (Lipinski definition) is 4. The number of esters is 1. The molecule has 0 aliphatic carbocycles. The second kappa shape index (κ2) is 16.4. The van der Waals surface area contributed by atoms with E-state index >= 15 is 0 Å². The van der Waals surface area contributed by atoms with Crippen molar-refractivity contribution in [1.82, 2.24) is 10.2 Å². The summed E-state index contributed by atoms with van der Waals surface area (Å²) in [5, 5.41) is 3.43. The maximum Gasteiger partial charge on any atom is 0.305 e. The number of guanidine groups is 1. The lowest BCUT2D eigenvalue weighted by atomic mass is 10.1. The molecule has 1 saturated heterocycles. The molecule has 1 aromatic rings. The molecular weight excluding hydrogens is 493 g/mol. The van der Waals surface area contributed by atoms with Gasteiger partial charge in [0.05, 0.1) is 20.3 Å². The zero-order chi connectivity index (χ0) is 20.7. The summed E-state index contributed by atoms with van der Waals surface area (Å²) in [6.07, 6.45) is 5.75. The van der Waals surface area contributed by atoms with Crippen LogP contribution in [0.15, 0.2) is 35.3 Å². The Balaban J connectivity index is 0.00000450. The van der Waals surface area contributed by atoms with E-state index in [1.165, 1.54) is 12.7 Å². The van der Waals surface area contributed by atoms with Crippen molar-refractivity contribution >= 4 is 35.9 Å². The van der Waals surface area contributed by atoms with Crippen LogP contribution in [-0.2, 0) is 20.9 Å². The van der Waals surface area contributed by atoms with Crippen molar-refractivity contribution in [2.75, 3.05) is 39.9 Å². The normalized spacial score (nSPS) is 16.3. The number of unbranched alkanes of at least 4 members (excludes halogenated alkanes) is 3. The SMILES string of the molecule is CCNC(=NCCCCCCC(=O)OC)N1CCC(COCc2ccccc2)C1.I. The van der Waals surface area contributed by atoms with Crippen molar-refractivity contribution in [3.8, 4) is 0 Å². The van der Waals surface area contributed by atoms with E-state index in [0.29, 0.717) is 18.9 Å². The number of carbonyl (C=O) groups is 1. The summed E-state index contributed by atoms with van der Waals surface area (Å²) in [6.45, 7) is 7.32. The Morgan fingerprint density at radius 2 is 1.97 bits per heavy atom. The Hall–Kier alpha value is -1.35. The highest BCUT2D eigenvalue weighted by Gasteiger charge is 2.24. The van der Waals surface area contributed by atoms with Crippen LogP contribution >= 0.6 is 24.0 Å². The second-order valence-corrected chi connectivity index (χ2v) is 7.58. The first-order chi connectivity index (χ1) is 14.2. The predicted molar refractivity (Wildman–Crippen MR) is 132 cm³/mol. The third-order valence-electron chi connectivity index (χ3n) is 5.16. The smallest absolute Gasteiger partial charge is 0.305 e. The fraction of sp³-hybridized carbons (Fsp3) is 0.652. The number of likely N-dealkylation sites (tertiary alicyclic amines) is 1. The highest BCUT2D eigenvalue weighted by Crippen LogP contribution is 2.17. The number of nitrogens with one attached hydrogen (secondary N) is 1. The van der Waals surface area contributed by atoms with Gasteiger partial charge in [-0.05, 0) is 31.7 Å². The minimum absolute atomic E-state index is 0. The van der Waals surface area contributed by atoms with E-state index in [0.717, 1.165) is 70.8 Å². The van der Waals surface area contributed by atoms with E-state index in [1.54, 1.807) is 0 Å². The number of carbonyl (C=O) groups excluding carboxylic acids is 1. The average Bonchev–Trinajstić information content (AvgIpc) is 3.21. The molecule has 0 spiro atoms. The standard InChI is InChI=1S/C23H37N3O3.HI/c1-3-24-23(25-15-10-5-4-9-13-22(27)28-2)26-16-14-21(17-26)19-29-18-20-11-7-6-8-12-20;/h6-8,11-12,21H,3-5,9-10,13-19H2,1-2H3,(H,24,25);1H. The summed E-state index contributed by atoms with van der Waals surface area (Å²) in [5.74, 6) is 1.46. The topological polar surface area (TPSA) is 63.2 Å². The quantitative estimate of drug-likeness (QED) is 0.144. The van der Waals surface area contributed by atoms with E-state index in [-0.39, 0.29) is 29.9 Å². The minimum Gasteiger partial charge on any atom is -0.469 e. The van der Waals surface area contributed by atoms with E-state index in [9.17, 15) is 4.79 Å². The monoisotopic (exact) mass is 531 g/mol. The van der Waals surface area contributed by atoms with E-state index in [1.807, 2.05) is 18.2 Å². The van der Waals surface area contributed by atoms with Crippen molar-refractivity contribution in [3.05, 3.63) is 35.9 Å². The first-order valence-corrected chi connectivity index (χ1v) is 10.9. The highest BCUT2D eigenvalue weighted by molar-refractivity contribution is 14.0. The molecule has 0 saturated carbocycles. The third kappa shape index (κ3) is 10.6. The minimum atomic E-state index is -0.117. The van der Waals surface area contributed by atoms with Crippen LogP contribution in [0.4, 0.5) is 0 Å². The number of ether oxygens (including phenoxy) is 2. The largest absolute Gasteiger partial charge is 0.469 e. The Kier molecular flexibility index (Phi) is 14.5. The van der Waals surface area contributed by atoms with Crippen molar-refractivity contribution < 1.29 is 14.3 Å². The molecule has 170 valence electrons. The zero-order valence-electron chi connectivity index (χ0n) is 18.5. The van der Waals surface area contributed by atoms with E-state index < -0.39 is 0 Å². The third-order valence-corrected chi connectivity index (χ3v) is 5.16. The van der Waals surface area contributed by atoms with Gasteiger partial charge in [-0.25, -0.2) is 0 Å². The lowest BCUT2D eigenvalue weighted by molar-refractivity contribution is -0.140. The molecule has 2 rings (SSSR count). The maximum absolute atomic E-state index is 11.1. The van der Waals surface area contributed by atoms with E-state index in [4.69, 9.17) is 9.73 Å². The van der Waals surface area contributed by atoms with Crippen molar-refractivity contribution in [3.63, 3.8) is 0 Å². The van der Waals surface area contributed by atoms with Gasteiger partial charge in [0, 0.05) is 38.5 Å². The van der Waals surface area contributed by atoms with Gasteiger partial charge in [-0.3, -0.25) is 9.79 Å². The first-order valence-electron chi connectivity index (χ1n) is 10.9. The molecule has 30 heavy (non-hydrogen) atoms. The van der Waals surface area contributed by atoms with E-state index in [2.05, 4.69) is 34.0 Å². The molecule has 6 nitrogen and oxygen atoms in total. The number of halogens is 1. The number of hydrogen-bond donors (Lipinski definition) is 1. The molecule has 1 N–H and O–H groups in total. The lowest BCUT2D eigenvalue weighted by Gasteiger charge is -2.21. The van der Waals surface area contributed by atoms with Crippen LogP contribution in [0.5, 0.6) is 0 Å². The van der Waals surface area contributed by atoms with Gasteiger partial charge in [0.1, 0.15) is 0 Å². The fourth-order valence-electron chi connectivity index (χ4n) is 3.53. The van der Waals surface area contributed by atoms with Crippen LogP contribution in [-0.4, -0.2) is 56.7 Å². The maximum atomic E-state index is 11.1. The number of rotatable bonds is 12. The molecule has 1 heterocycles. The predicted octanol–water partition coefficient (Wildman–Crippen LogP) is 4.23. The Bertz CT molecular complexity index is 613. The molecule has 1 aromatic carbocycles. The Morgan fingerprint density at radius 3 is 2.70 bits per heavy atom. The van der Waals surface area contributed by atoms with Gasteiger partial charge in [0.15, 0.2) is 5.96 Å². The van der Waals surface area contributed by atoms with Crippen molar-refractivity contribution in [1.29, 1.82) is 0 Å². The van der Waals surface area contributed by atoms with Gasteiger partial charge in [0.2, 0.25) is 0 Å². The molecule has 1 aliphatic rings. The summed E-state index contributed by atoms with van der Waals surface area (Å²) in [6, 6.07) is 10.3. The molecule has 1 aliphatic heterocycles. The lowest BCUT2D eigenvalue weighted by Crippen LogP contribution is -2.40. The molecule has 0 amide bonds. The van der Waals surface area contributed by atoms with Crippen LogP contribution in [0.1, 0.15) is 51.0 Å². The van der Waals surface area contributed by atoms with Gasteiger partial charge >= 0.3 is 5.97 Å². The summed E-state index contributed by atoms with van der Waals surface area (Å²) in [4.78, 5) is 18.3. The van der Waals surface area contributed by atoms with Gasteiger partial charge in [-0.1, -0.05) is 43.2 Å². The van der Waals surface area contributed by atoms with Crippen LogP contribution in [0.3, 0.4) is 0 Å². The molecule has 1 unspecified atom stereocenters. The molecule has 1 atom stereocenters. The molecule has 0 radical (unpaired) electrons. The highest BCUT2D eigenvalue weighted by atomic mass is 127. The summed E-state index contributed by atoms with van der Waals surface area (Å²) in [7, 11) is 1.44. The van der Waals surface area contributed by atoms with Crippen LogP contribution in [0, 0.1) is 5.92 Å². The molecule has 1 fully saturated rings. The fourth-order valence-corrected chi connectivity index (χ4v) is 3.53. The van der Waals surface area contributed by atoms with Gasteiger partial charge in [0.25, 0.3) is 0 Å². The number of nitrogens with zero attached hydrogens (tertiary/aromatic N) is 2. The van der Waals surface area contributed by atoms with Crippen molar-refractivity contribution in [2.45, 2.75) is 52.1 Å². The van der Waals surface area contributed by atoms with Crippen LogP contribution in [0.25, 0.3) is 0 Å². The van der Waals surface area contributed by atoms with Crippen molar-refractivity contribution in [2.24, 2.45) is 10.9 Å². The number of benzene rings is 1. The zero-order valence-corrected chi connectivity index (χ0v) is 20.8. The Labute approximate surface area is 198 Å². The van der Waals surface area contributed by atoms with Gasteiger partial charge in [-0.15, -0.1) is 24.0 Å². The van der Waals surface area contributed by atoms with Gasteiger partial charge < -0.3 is 19.7 Å².